The molecule has 4 rings (SSSR count). The summed E-state index contributed by atoms with van der Waals surface area (Å²) in [6.45, 7) is 6.75. The molecule has 2 atom stereocenters. The summed E-state index contributed by atoms with van der Waals surface area (Å²) in [4.78, 5) is 19.9. The summed E-state index contributed by atoms with van der Waals surface area (Å²) in [5.41, 5.74) is 2.36. The Balaban J connectivity index is 1.30. The number of imidazole rings is 1. The summed E-state index contributed by atoms with van der Waals surface area (Å²) in [7, 11) is 0.748. The lowest BCUT2D eigenvalue weighted by molar-refractivity contribution is 0.0950. The van der Waals surface area contributed by atoms with Crippen LogP contribution in [0.1, 0.15) is 29.3 Å². The molecular weight excluding hydrogens is 410 g/mol. The van der Waals surface area contributed by atoms with E-state index in [2.05, 4.69) is 22.1 Å². The van der Waals surface area contributed by atoms with Crippen LogP contribution in [-0.2, 0) is 17.5 Å². The Bertz CT molecular complexity index is 1070. The Hall–Kier alpha value is -2.55. The average molecular weight is 440 g/mol. The van der Waals surface area contributed by atoms with Crippen LogP contribution >= 0.6 is 0 Å². The van der Waals surface area contributed by atoms with Crippen molar-refractivity contribution in [2.75, 3.05) is 33.2 Å². The highest BCUT2D eigenvalue weighted by molar-refractivity contribution is 7.82. The number of carbonyl (C=O) groups is 1. The van der Waals surface area contributed by atoms with Gasteiger partial charge in [-0.25, -0.2) is 13.5 Å². The summed E-state index contributed by atoms with van der Waals surface area (Å²) in [5, 5.41) is 2.94. The van der Waals surface area contributed by atoms with Crippen molar-refractivity contribution in [2.45, 2.75) is 24.8 Å². The normalized spacial score (nSPS) is 18.0. The molecule has 164 valence electrons. The van der Waals surface area contributed by atoms with Crippen molar-refractivity contribution in [1.29, 1.82) is 0 Å². The van der Waals surface area contributed by atoms with Crippen LogP contribution in [0.5, 0.6) is 0 Å². The van der Waals surface area contributed by atoms with Crippen molar-refractivity contribution in [3.8, 4) is 0 Å². The highest BCUT2D eigenvalue weighted by Crippen LogP contribution is 2.19. The van der Waals surface area contributed by atoms with Gasteiger partial charge in [0.05, 0.1) is 10.5 Å². The van der Waals surface area contributed by atoms with Crippen molar-refractivity contribution in [1.82, 2.24) is 23.9 Å². The maximum Gasteiger partial charge on any atom is 0.253 e. The highest BCUT2D eigenvalue weighted by atomic mass is 32.2. The van der Waals surface area contributed by atoms with Crippen molar-refractivity contribution in [2.24, 2.45) is 5.92 Å². The summed E-state index contributed by atoms with van der Waals surface area (Å²) in [6, 6.07) is 11.2. The molecule has 3 aromatic rings. The molecule has 1 saturated heterocycles. The van der Waals surface area contributed by atoms with Crippen LogP contribution in [0.3, 0.4) is 0 Å². The van der Waals surface area contributed by atoms with Gasteiger partial charge in [-0.1, -0.05) is 19.1 Å². The molecule has 0 aliphatic carbocycles. The van der Waals surface area contributed by atoms with E-state index in [-0.39, 0.29) is 5.91 Å². The number of aromatic nitrogens is 2. The summed E-state index contributed by atoms with van der Waals surface area (Å²) in [6.07, 6.45) is 6.45. The SMILES string of the molecule is CCN1CCC(CN(C)S(=O)c2ccc(CNC(=O)c3ccc4nccn4c3)cc2)C1. The maximum absolute atomic E-state index is 12.9. The van der Waals surface area contributed by atoms with Crippen molar-refractivity contribution in [3.05, 3.63) is 66.1 Å². The number of carbonyl (C=O) groups excluding carboxylic acids is 1. The second kappa shape index (κ2) is 9.72. The van der Waals surface area contributed by atoms with Gasteiger partial charge in [-0.05, 0) is 55.3 Å². The smallest absolute Gasteiger partial charge is 0.253 e. The Labute approximate surface area is 185 Å². The van der Waals surface area contributed by atoms with Crippen molar-refractivity contribution >= 4 is 22.5 Å². The molecule has 0 radical (unpaired) electrons. The minimum absolute atomic E-state index is 0.138. The van der Waals surface area contributed by atoms with E-state index in [1.54, 1.807) is 18.5 Å². The third-order valence-corrected chi connectivity index (χ3v) is 7.24. The molecule has 1 fully saturated rings. The van der Waals surface area contributed by atoms with E-state index in [1.165, 1.54) is 6.42 Å². The minimum Gasteiger partial charge on any atom is -0.348 e. The molecule has 31 heavy (non-hydrogen) atoms. The molecule has 1 aromatic carbocycles. The summed E-state index contributed by atoms with van der Waals surface area (Å²) < 4.78 is 16.6. The van der Waals surface area contributed by atoms with E-state index in [1.807, 2.05) is 52.3 Å². The van der Waals surface area contributed by atoms with E-state index in [9.17, 15) is 9.00 Å². The predicted octanol–water partition coefficient (Wildman–Crippen LogP) is 2.56. The molecule has 8 heteroatoms. The Morgan fingerprint density at radius 3 is 2.81 bits per heavy atom. The molecule has 7 nitrogen and oxygen atoms in total. The van der Waals surface area contributed by atoms with Gasteiger partial charge in [-0.2, -0.15) is 0 Å². The van der Waals surface area contributed by atoms with E-state index in [0.717, 1.165) is 42.3 Å². The van der Waals surface area contributed by atoms with Crippen LogP contribution in [0.4, 0.5) is 0 Å². The van der Waals surface area contributed by atoms with Gasteiger partial charge >= 0.3 is 0 Å². The highest BCUT2D eigenvalue weighted by Gasteiger charge is 2.24. The van der Waals surface area contributed by atoms with Gasteiger partial charge in [-0.3, -0.25) is 4.79 Å². The van der Waals surface area contributed by atoms with Gasteiger partial charge in [-0.15, -0.1) is 0 Å². The van der Waals surface area contributed by atoms with Gasteiger partial charge in [0, 0.05) is 45.3 Å². The lowest BCUT2D eigenvalue weighted by Gasteiger charge is -2.20. The topological polar surface area (TPSA) is 69.9 Å². The van der Waals surface area contributed by atoms with Gasteiger partial charge in [0.25, 0.3) is 5.91 Å². The van der Waals surface area contributed by atoms with Gasteiger partial charge < -0.3 is 14.6 Å². The molecule has 0 spiro atoms. The van der Waals surface area contributed by atoms with Crippen LogP contribution in [0, 0.1) is 5.92 Å². The number of pyridine rings is 1. The Morgan fingerprint density at radius 2 is 2.06 bits per heavy atom. The molecule has 2 aromatic heterocycles. The fraction of sp³-hybridized carbons (Fsp3) is 0.391. The number of hydrogen-bond donors (Lipinski definition) is 1. The fourth-order valence-electron chi connectivity index (χ4n) is 4.02. The molecule has 1 aliphatic rings. The molecular formula is C23H29N5O2S. The first-order chi connectivity index (χ1) is 15.0. The zero-order valence-electron chi connectivity index (χ0n) is 18.0. The fourth-order valence-corrected chi connectivity index (χ4v) is 5.10. The molecule has 1 N–H and O–H groups in total. The first-order valence-corrected chi connectivity index (χ1v) is 11.8. The van der Waals surface area contributed by atoms with Crippen LogP contribution in [-0.4, -0.2) is 61.9 Å². The quantitative estimate of drug-likeness (QED) is 0.586. The number of nitrogens with zero attached hydrogens (tertiary/aromatic N) is 4. The number of amides is 1. The van der Waals surface area contributed by atoms with Gasteiger partial charge in [0.15, 0.2) is 0 Å². The number of likely N-dealkylation sites (tertiary alicyclic amines) is 1. The molecule has 1 aliphatic heterocycles. The van der Waals surface area contributed by atoms with E-state index < -0.39 is 11.0 Å². The zero-order chi connectivity index (χ0) is 21.8. The van der Waals surface area contributed by atoms with Crippen LogP contribution in [0.2, 0.25) is 0 Å². The number of nitrogens with one attached hydrogen (secondary N) is 1. The van der Waals surface area contributed by atoms with E-state index in [4.69, 9.17) is 0 Å². The standard InChI is InChI=1S/C23H29N5O2S/c1-3-27-12-10-19(16-27)15-26(2)31(30)21-7-4-18(5-8-21)14-25-23(29)20-6-9-22-24-11-13-28(22)17-20/h4-9,11,13,17,19H,3,10,12,14-16H2,1-2H3,(H,25,29). The molecule has 3 heterocycles. The van der Waals surface area contributed by atoms with Gasteiger partial charge in [0.2, 0.25) is 0 Å². The first-order valence-electron chi connectivity index (χ1n) is 10.7. The van der Waals surface area contributed by atoms with Crippen molar-refractivity contribution in [3.63, 3.8) is 0 Å². The second-order valence-corrected chi connectivity index (χ2v) is 9.64. The number of benzene rings is 1. The largest absolute Gasteiger partial charge is 0.348 e. The van der Waals surface area contributed by atoms with E-state index in [0.29, 0.717) is 18.0 Å². The summed E-state index contributed by atoms with van der Waals surface area (Å²) >= 11 is 0. The zero-order valence-corrected chi connectivity index (χ0v) is 18.8. The van der Waals surface area contributed by atoms with Crippen LogP contribution in [0.15, 0.2) is 59.9 Å². The number of fused-ring (bicyclic) bond motifs is 1. The molecule has 1 amide bonds. The van der Waals surface area contributed by atoms with Gasteiger partial charge in [0.1, 0.15) is 16.6 Å². The summed E-state index contributed by atoms with van der Waals surface area (Å²) in [5.74, 6) is 0.436. The van der Waals surface area contributed by atoms with Crippen molar-refractivity contribution < 1.29 is 9.00 Å². The molecule has 0 bridgehead atoms. The third-order valence-electron chi connectivity index (χ3n) is 5.84. The second-order valence-electron chi connectivity index (χ2n) is 8.04. The predicted molar refractivity (Wildman–Crippen MR) is 122 cm³/mol. The lowest BCUT2D eigenvalue weighted by Crippen LogP contribution is -2.29. The molecule has 0 saturated carbocycles. The maximum atomic E-state index is 12.9. The van der Waals surface area contributed by atoms with Crippen LogP contribution < -0.4 is 5.32 Å². The lowest BCUT2D eigenvalue weighted by atomic mass is 10.1. The third kappa shape index (κ3) is 5.20. The monoisotopic (exact) mass is 439 g/mol. The minimum atomic E-state index is -1.18. The van der Waals surface area contributed by atoms with E-state index >= 15 is 0 Å². The molecule has 2 unspecified atom stereocenters. The number of hydrogen-bond acceptors (Lipinski definition) is 4. The average Bonchev–Trinajstić information content (AvgIpc) is 3.45. The first kappa shape index (κ1) is 21.7. The Morgan fingerprint density at radius 1 is 1.26 bits per heavy atom. The number of rotatable bonds is 8. The van der Waals surface area contributed by atoms with Crippen LogP contribution in [0.25, 0.3) is 5.65 Å². The Kier molecular flexibility index (Phi) is 6.80.